The molecule has 2 aromatic rings. The number of nitrogens with zero attached hydrogens (tertiary/aromatic N) is 3. The van der Waals surface area contributed by atoms with E-state index in [1.54, 1.807) is 6.20 Å². The van der Waals surface area contributed by atoms with Crippen LogP contribution in [0.5, 0.6) is 0 Å². The van der Waals surface area contributed by atoms with Crippen LogP contribution in [0.3, 0.4) is 0 Å². The third kappa shape index (κ3) is 2.91. The van der Waals surface area contributed by atoms with E-state index in [0.717, 1.165) is 13.1 Å². The highest BCUT2D eigenvalue weighted by Crippen LogP contribution is 2.10. The van der Waals surface area contributed by atoms with Gasteiger partial charge in [-0.05, 0) is 31.5 Å². The van der Waals surface area contributed by atoms with Gasteiger partial charge in [0, 0.05) is 37.7 Å². The van der Waals surface area contributed by atoms with Crippen LogP contribution in [0.2, 0.25) is 0 Å². The number of hydrogen-bond donors (Lipinski definition) is 1. The summed E-state index contributed by atoms with van der Waals surface area (Å²) in [5.41, 5.74) is 2.42. The molecule has 17 heavy (non-hydrogen) atoms. The second kappa shape index (κ2) is 5.59. The maximum absolute atomic E-state index is 4.25. The summed E-state index contributed by atoms with van der Waals surface area (Å²) in [7, 11) is 0. The van der Waals surface area contributed by atoms with E-state index in [-0.39, 0.29) is 0 Å². The Balaban J connectivity index is 1.95. The van der Waals surface area contributed by atoms with Crippen LogP contribution in [-0.2, 0) is 13.1 Å². The molecule has 2 rings (SSSR count). The average molecular weight is 230 g/mol. The maximum atomic E-state index is 4.25. The predicted molar refractivity (Wildman–Crippen MR) is 67.4 cm³/mol. The molecule has 4 nitrogen and oxygen atoms in total. The van der Waals surface area contributed by atoms with Crippen molar-refractivity contribution in [1.29, 1.82) is 0 Å². The highest BCUT2D eigenvalue weighted by molar-refractivity contribution is 5.13. The molecule has 4 heteroatoms. The van der Waals surface area contributed by atoms with Gasteiger partial charge in [0.1, 0.15) is 0 Å². The summed E-state index contributed by atoms with van der Waals surface area (Å²) in [5.74, 6) is 0. The summed E-state index contributed by atoms with van der Waals surface area (Å²) in [6.45, 7) is 5.97. The van der Waals surface area contributed by atoms with Crippen molar-refractivity contribution in [2.75, 3.05) is 0 Å². The molecule has 0 radical (unpaired) electrons. The molecule has 0 saturated heterocycles. The number of hydrogen-bond acceptors (Lipinski definition) is 3. The molecule has 0 amide bonds. The topological polar surface area (TPSA) is 42.7 Å². The Morgan fingerprint density at radius 1 is 1.35 bits per heavy atom. The van der Waals surface area contributed by atoms with Gasteiger partial charge in [0.15, 0.2) is 0 Å². The zero-order chi connectivity index (χ0) is 12.1. The third-order valence-electron chi connectivity index (χ3n) is 2.88. The van der Waals surface area contributed by atoms with Crippen LogP contribution in [0.1, 0.15) is 31.1 Å². The Kier molecular flexibility index (Phi) is 3.88. The molecule has 0 aliphatic carbocycles. The van der Waals surface area contributed by atoms with Gasteiger partial charge in [0.2, 0.25) is 0 Å². The lowest BCUT2D eigenvalue weighted by Crippen LogP contribution is -2.20. The normalized spacial score (nSPS) is 12.6. The molecule has 0 aliphatic heterocycles. The van der Waals surface area contributed by atoms with Gasteiger partial charge in [-0.25, -0.2) is 0 Å². The van der Waals surface area contributed by atoms with Crippen LogP contribution in [0.15, 0.2) is 36.8 Å². The second-order valence-electron chi connectivity index (χ2n) is 4.03. The van der Waals surface area contributed by atoms with Crippen LogP contribution in [0.25, 0.3) is 0 Å². The van der Waals surface area contributed by atoms with E-state index in [1.807, 2.05) is 29.2 Å². The number of rotatable bonds is 5. The summed E-state index contributed by atoms with van der Waals surface area (Å²) in [4.78, 5) is 4.13. The molecule has 0 spiro atoms. The molecule has 0 bridgehead atoms. The van der Waals surface area contributed by atoms with Crippen molar-refractivity contribution in [3.63, 3.8) is 0 Å². The van der Waals surface area contributed by atoms with Crippen molar-refractivity contribution in [1.82, 2.24) is 20.1 Å². The molecular weight excluding hydrogens is 212 g/mol. The zero-order valence-corrected chi connectivity index (χ0v) is 10.3. The van der Waals surface area contributed by atoms with E-state index in [1.165, 1.54) is 11.3 Å². The minimum Gasteiger partial charge on any atom is -0.305 e. The Bertz CT molecular complexity index is 449. The van der Waals surface area contributed by atoms with Gasteiger partial charge in [-0.2, -0.15) is 5.10 Å². The van der Waals surface area contributed by atoms with Gasteiger partial charge in [-0.1, -0.05) is 6.07 Å². The zero-order valence-electron chi connectivity index (χ0n) is 10.3. The number of pyridine rings is 1. The van der Waals surface area contributed by atoms with Crippen LogP contribution in [0.4, 0.5) is 0 Å². The summed E-state index contributed by atoms with van der Waals surface area (Å²) in [5, 5.41) is 7.72. The van der Waals surface area contributed by atoms with Crippen LogP contribution in [0, 0.1) is 0 Å². The molecule has 90 valence electrons. The molecule has 0 saturated carbocycles. The molecule has 1 atom stereocenters. The van der Waals surface area contributed by atoms with E-state index in [2.05, 4.69) is 35.3 Å². The minimum atomic E-state index is 0.295. The third-order valence-corrected chi connectivity index (χ3v) is 2.88. The van der Waals surface area contributed by atoms with E-state index in [9.17, 15) is 0 Å². The predicted octanol–water partition coefficient (Wildman–Crippen LogP) is 2.15. The summed E-state index contributed by atoms with van der Waals surface area (Å²) >= 11 is 0. The maximum Gasteiger partial charge on any atom is 0.0522 e. The van der Waals surface area contributed by atoms with E-state index in [0.29, 0.717) is 6.04 Å². The fourth-order valence-electron chi connectivity index (χ4n) is 1.80. The fraction of sp³-hybridized carbons (Fsp3) is 0.385. The lowest BCUT2D eigenvalue weighted by Gasteiger charge is -2.14. The van der Waals surface area contributed by atoms with Gasteiger partial charge >= 0.3 is 0 Å². The SMILES string of the molecule is CCn1nccc1CN[C@@H](C)c1cccnc1. The van der Waals surface area contributed by atoms with Gasteiger partial charge in [-0.3, -0.25) is 9.67 Å². The summed E-state index contributed by atoms with van der Waals surface area (Å²) in [6.07, 6.45) is 5.53. The number of aromatic nitrogens is 3. The molecular formula is C13H18N4. The highest BCUT2D eigenvalue weighted by atomic mass is 15.3. The van der Waals surface area contributed by atoms with E-state index in [4.69, 9.17) is 0 Å². The molecule has 2 heterocycles. The van der Waals surface area contributed by atoms with Crippen molar-refractivity contribution in [3.8, 4) is 0 Å². The Morgan fingerprint density at radius 3 is 2.94 bits per heavy atom. The first kappa shape index (κ1) is 11.8. The first-order chi connectivity index (χ1) is 8.31. The van der Waals surface area contributed by atoms with Crippen molar-refractivity contribution in [2.45, 2.75) is 33.0 Å². The molecule has 0 aromatic carbocycles. The largest absolute Gasteiger partial charge is 0.305 e. The van der Waals surface area contributed by atoms with Crippen LogP contribution >= 0.6 is 0 Å². The molecule has 2 aromatic heterocycles. The standard InChI is InChI=1S/C13H18N4/c1-3-17-13(6-8-16-17)10-15-11(2)12-5-4-7-14-9-12/h4-9,11,15H,3,10H2,1-2H3/t11-/m0/s1. The fourth-order valence-corrected chi connectivity index (χ4v) is 1.80. The first-order valence-corrected chi connectivity index (χ1v) is 5.95. The minimum absolute atomic E-state index is 0.295. The Labute approximate surface area is 102 Å². The van der Waals surface area contributed by atoms with Crippen molar-refractivity contribution >= 4 is 0 Å². The summed E-state index contributed by atoms with van der Waals surface area (Å²) < 4.78 is 2.00. The van der Waals surface area contributed by atoms with E-state index >= 15 is 0 Å². The Hall–Kier alpha value is -1.68. The van der Waals surface area contributed by atoms with Crippen molar-refractivity contribution in [2.24, 2.45) is 0 Å². The average Bonchev–Trinajstić information content (AvgIpc) is 2.84. The summed E-state index contributed by atoms with van der Waals surface area (Å²) in [6, 6.07) is 6.39. The van der Waals surface area contributed by atoms with Gasteiger partial charge in [0.05, 0.1) is 5.69 Å². The lowest BCUT2D eigenvalue weighted by molar-refractivity contribution is 0.531. The molecule has 0 unspecified atom stereocenters. The van der Waals surface area contributed by atoms with E-state index < -0.39 is 0 Å². The second-order valence-corrected chi connectivity index (χ2v) is 4.03. The molecule has 0 aliphatic rings. The monoisotopic (exact) mass is 230 g/mol. The quantitative estimate of drug-likeness (QED) is 0.855. The smallest absolute Gasteiger partial charge is 0.0522 e. The first-order valence-electron chi connectivity index (χ1n) is 5.95. The number of nitrogens with one attached hydrogen (secondary N) is 1. The van der Waals surface area contributed by atoms with Crippen LogP contribution in [-0.4, -0.2) is 14.8 Å². The lowest BCUT2D eigenvalue weighted by atomic mass is 10.1. The van der Waals surface area contributed by atoms with Gasteiger partial charge < -0.3 is 5.32 Å². The highest BCUT2D eigenvalue weighted by Gasteiger charge is 2.06. The van der Waals surface area contributed by atoms with Crippen LogP contribution < -0.4 is 5.32 Å². The number of aryl methyl sites for hydroxylation is 1. The van der Waals surface area contributed by atoms with Crippen molar-refractivity contribution < 1.29 is 0 Å². The van der Waals surface area contributed by atoms with Gasteiger partial charge in [-0.15, -0.1) is 0 Å². The Morgan fingerprint density at radius 2 is 2.24 bits per heavy atom. The molecule has 1 N–H and O–H groups in total. The van der Waals surface area contributed by atoms with Gasteiger partial charge in [0.25, 0.3) is 0 Å². The van der Waals surface area contributed by atoms with Crippen molar-refractivity contribution in [3.05, 3.63) is 48.0 Å². The molecule has 0 fully saturated rings.